The molecule has 0 aliphatic carbocycles. The Morgan fingerprint density at radius 1 is 0.865 bits per heavy atom. The number of anilines is 1. The van der Waals surface area contributed by atoms with Crippen molar-refractivity contribution in [3.05, 3.63) is 114 Å². The van der Waals surface area contributed by atoms with E-state index in [4.69, 9.17) is 21.1 Å². The van der Waals surface area contributed by atoms with Crippen LogP contribution in [0.15, 0.2) is 108 Å². The molecule has 0 saturated carbocycles. The standard InChI is InChI=1S/C28H25ClN2O5S/c1-35-23-13-15-25(16-14-23)37(33,34)31(19-21-8-4-2-5-9-21)20-28(32)30-26-18-22(29)12-17-27(26)36-24-10-6-3-7-11-24/h2-18H,19-20H2,1H3,(H,30,32). The molecule has 190 valence electrons. The topological polar surface area (TPSA) is 84.9 Å². The zero-order valence-electron chi connectivity index (χ0n) is 20.0. The Morgan fingerprint density at radius 2 is 1.51 bits per heavy atom. The van der Waals surface area contributed by atoms with Crippen molar-refractivity contribution in [1.29, 1.82) is 0 Å². The molecule has 0 radical (unpaired) electrons. The van der Waals surface area contributed by atoms with Crippen molar-refractivity contribution in [2.75, 3.05) is 19.0 Å². The van der Waals surface area contributed by atoms with E-state index in [1.54, 1.807) is 54.6 Å². The van der Waals surface area contributed by atoms with Crippen LogP contribution in [0.4, 0.5) is 5.69 Å². The van der Waals surface area contributed by atoms with Gasteiger partial charge in [-0.05, 0) is 60.2 Å². The average molecular weight is 537 g/mol. The Bertz CT molecular complexity index is 1450. The molecule has 0 aromatic heterocycles. The van der Waals surface area contributed by atoms with E-state index < -0.39 is 22.5 Å². The highest BCUT2D eigenvalue weighted by Gasteiger charge is 2.27. The number of methoxy groups -OCH3 is 1. The molecule has 1 N–H and O–H groups in total. The summed E-state index contributed by atoms with van der Waals surface area (Å²) in [4.78, 5) is 13.2. The van der Waals surface area contributed by atoms with E-state index in [9.17, 15) is 13.2 Å². The van der Waals surface area contributed by atoms with Gasteiger partial charge in [-0.1, -0.05) is 60.1 Å². The van der Waals surface area contributed by atoms with E-state index in [0.29, 0.717) is 28.0 Å². The first kappa shape index (κ1) is 26.2. The predicted molar refractivity (Wildman–Crippen MR) is 144 cm³/mol. The van der Waals surface area contributed by atoms with Crippen LogP contribution in [0.5, 0.6) is 17.2 Å². The molecule has 0 fully saturated rings. The Morgan fingerprint density at radius 3 is 2.16 bits per heavy atom. The Balaban J connectivity index is 1.59. The molecule has 7 nitrogen and oxygen atoms in total. The summed E-state index contributed by atoms with van der Waals surface area (Å²) in [6.07, 6.45) is 0. The summed E-state index contributed by atoms with van der Waals surface area (Å²) in [5, 5.41) is 3.15. The zero-order valence-corrected chi connectivity index (χ0v) is 21.6. The largest absolute Gasteiger partial charge is 0.497 e. The Hall–Kier alpha value is -3.85. The average Bonchev–Trinajstić information content (AvgIpc) is 2.91. The fraction of sp³-hybridized carbons (Fsp3) is 0.107. The highest BCUT2D eigenvalue weighted by Crippen LogP contribution is 2.32. The molecule has 0 atom stereocenters. The fourth-order valence-corrected chi connectivity index (χ4v) is 5.12. The van der Waals surface area contributed by atoms with E-state index >= 15 is 0 Å². The molecule has 0 spiro atoms. The first-order valence-electron chi connectivity index (χ1n) is 11.4. The minimum absolute atomic E-state index is 0.00550. The van der Waals surface area contributed by atoms with E-state index in [2.05, 4.69) is 5.32 Å². The molecule has 0 unspecified atom stereocenters. The lowest BCUT2D eigenvalue weighted by Crippen LogP contribution is -2.37. The maximum atomic E-state index is 13.5. The third-order valence-corrected chi connectivity index (χ3v) is 7.45. The number of hydrogen-bond donors (Lipinski definition) is 1. The fourth-order valence-electron chi connectivity index (χ4n) is 3.56. The van der Waals surface area contributed by atoms with Gasteiger partial charge in [0.2, 0.25) is 15.9 Å². The van der Waals surface area contributed by atoms with E-state index in [0.717, 1.165) is 9.87 Å². The van der Waals surface area contributed by atoms with Gasteiger partial charge in [0.15, 0.2) is 5.75 Å². The van der Waals surface area contributed by atoms with Crippen LogP contribution in [0.3, 0.4) is 0 Å². The molecule has 4 aromatic rings. The summed E-state index contributed by atoms with van der Waals surface area (Å²) in [5.41, 5.74) is 1.06. The smallest absolute Gasteiger partial charge is 0.243 e. The van der Waals surface area contributed by atoms with Gasteiger partial charge in [-0.15, -0.1) is 0 Å². The number of benzene rings is 4. The van der Waals surface area contributed by atoms with Gasteiger partial charge in [0.1, 0.15) is 11.5 Å². The highest BCUT2D eigenvalue weighted by atomic mass is 35.5. The number of halogens is 1. The highest BCUT2D eigenvalue weighted by molar-refractivity contribution is 7.89. The normalized spacial score (nSPS) is 11.2. The number of ether oxygens (including phenoxy) is 2. The van der Waals surface area contributed by atoms with Crippen LogP contribution >= 0.6 is 11.6 Å². The monoisotopic (exact) mass is 536 g/mol. The minimum Gasteiger partial charge on any atom is -0.497 e. The summed E-state index contributed by atoms with van der Waals surface area (Å²) in [7, 11) is -2.52. The summed E-state index contributed by atoms with van der Waals surface area (Å²) < 4.78 is 39.3. The van der Waals surface area contributed by atoms with Crippen molar-refractivity contribution < 1.29 is 22.7 Å². The molecule has 37 heavy (non-hydrogen) atoms. The number of rotatable bonds is 10. The quantitative estimate of drug-likeness (QED) is 0.270. The molecule has 0 heterocycles. The second-order valence-corrected chi connectivity index (χ2v) is 10.4. The molecule has 4 aromatic carbocycles. The SMILES string of the molecule is COc1ccc(S(=O)(=O)N(CC(=O)Nc2cc(Cl)ccc2Oc2ccccc2)Cc2ccccc2)cc1. The first-order valence-corrected chi connectivity index (χ1v) is 13.2. The van der Waals surface area contributed by atoms with Crippen molar-refractivity contribution in [1.82, 2.24) is 4.31 Å². The number of carbonyl (C=O) groups excluding carboxylic acids is 1. The van der Waals surface area contributed by atoms with Crippen LogP contribution in [0.25, 0.3) is 0 Å². The van der Waals surface area contributed by atoms with E-state index in [1.165, 1.54) is 19.2 Å². The lowest BCUT2D eigenvalue weighted by atomic mass is 10.2. The maximum absolute atomic E-state index is 13.5. The van der Waals surface area contributed by atoms with Gasteiger partial charge in [0.05, 0.1) is 24.2 Å². The predicted octanol–water partition coefficient (Wildman–Crippen LogP) is 5.97. The summed E-state index contributed by atoms with van der Waals surface area (Å²) in [6, 6.07) is 29.0. The third kappa shape index (κ3) is 6.89. The minimum atomic E-state index is -4.02. The lowest BCUT2D eigenvalue weighted by Gasteiger charge is -2.22. The summed E-state index contributed by atoms with van der Waals surface area (Å²) in [6.45, 7) is -0.425. The molecular formula is C28H25ClN2O5S. The molecule has 0 bridgehead atoms. The van der Waals surface area contributed by atoms with Crippen LogP contribution in [-0.2, 0) is 21.4 Å². The van der Waals surface area contributed by atoms with Crippen molar-refractivity contribution >= 4 is 33.2 Å². The third-order valence-electron chi connectivity index (χ3n) is 5.41. The molecule has 0 saturated heterocycles. The summed E-state index contributed by atoms with van der Waals surface area (Å²) in [5.74, 6) is 0.927. The molecule has 9 heteroatoms. The van der Waals surface area contributed by atoms with Crippen molar-refractivity contribution in [3.63, 3.8) is 0 Å². The molecule has 4 rings (SSSR count). The van der Waals surface area contributed by atoms with Gasteiger partial charge in [-0.2, -0.15) is 4.31 Å². The number of nitrogens with one attached hydrogen (secondary N) is 1. The lowest BCUT2D eigenvalue weighted by molar-refractivity contribution is -0.116. The van der Waals surface area contributed by atoms with Crippen molar-refractivity contribution in [2.24, 2.45) is 0 Å². The van der Waals surface area contributed by atoms with E-state index in [1.807, 2.05) is 36.4 Å². The molecular weight excluding hydrogens is 512 g/mol. The van der Waals surface area contributed by atoms with Crippen molar-refractivity contribution in [3.8, 4) is 17.2 Å². The number of sulfonamides is 1. The van der Waals surface area contributed by atoms with Crippen LogP contribution in [-0.4, -0.2) is 32.3 Å². The maximum Gasteiger partial charge on any atom is 0.243 e. The van der Waals surface area contributed by atoms with Crippen LogP contribution < -0.4 is 14.8 Å². The molecule has 0 aliphatic rings. The Labute approximate surface area is 221 Å². The van der Waals surface area contributed by atoms with E-state index in [-0.39, 0.29) is 11.4 Å². The number of amides is 1. The van der Waals surface area contributed by atoms with Crippen molar-refractivity contribution in [2.45, 2.75) is 11.4 Å². The first-order chi connectivity index (χ1) is 17.8. The number of para-hydroxylation sites is 1. The molecule has 1 amide bonds. The number of hydrogen-bond acceptors (Lipinski definition) is 5. The summed E-state index contributed by atoms with van der Waals surface area (Å²) >= 11 is 6.17. The van der Waals surface area contributed by atoms with Gasteiger partial charge in [-0.3, -0.25) is 4.79 Å². The van der Waals surface area contributed by atoms with Crippen LogP contribution in [0.2, 0.25) is 5.02 Å². The second-order valence-electron chi connectivity index (χ2n) is 8.04. The van der Waals surface area contributed by atoms with Crippen LogP contribution in [0, 0.1) is 0 Å². The number of carbonyl (C=O) groups is 1. The van der Waals surface area contributed by atoms with Crippen LogP contribution in [0.1, 0.15) is 5.56 Å². The van der Waals surface area contributed by atoms with Gasteiger partial charge in [0.25, 0.3) is 0 Å². The van der Waals surface area contributed by atoms with Gasteiger partial charge < -0.3 is 14.8 Å². The zero-order chi connectivity index (χ0) is 26.3. The van der Waals surface area contributed by atoms with Gasteiger partial charge >= 0.3 is 0 Å². The molecule has 0 aliphatic heterocycles. The van der Waals surface area contributed by atoms with Gasteiger partial charge in [0, 0.05) is 11.6 Å². The van der Waals surface area contributed by atoms with Gasteiger partial charge in [-0.25, -0.2) is 8.42 Å². The number of nitrogens with zero attached hydrogens (tertiary/aromatic N) is 1. The second kappa shape index (κ2) is 11.9. The Kier molecular flexibility index (Phi) is 8.45.